The van der Waals surface area contributed by atoms with Gasteiger partial charge >= 0.3 is 0 Å². The smallest absolute Gasteiger partial charge is 0.138 e. The van der Waals surface area contributed by atoms with Gasteiger partial charge in [0.15, 0.2) is 0 Å². The van der Waals surface area contributed by atoms with Crippen LogP contribution in [0.4, 0.5) is 5.69 Å². The Balaban J connectivity index is 2.18. The van der Waals surface area contributed by atoms with Gasteiger partial charge < -0.3 is 9.84 Å². The van der Waals surface area contributed by atoms with Crippen LogP contribution in [0.3, 0.4) is 0 Å². The Kier molecular flexibility index (Phi) is 3.89. The number of nitrogens with zero attached hydrogens (tertiary/aromatic N) is 1. The van der Waals surface area contributed by atoms with E-state index in [1.165, 1.54) is 0 Å². The van der Waals surface area contributed by atoms with Crippen LogP contribution in [0.15, 0.2) is 31.7 Å². The summed E-state index contributed by atoms with van der Waals surface area (Å²) in [6.07, 6.45) is 0. The molecule has 0 saturated carbocycles. The molecule has 1 aromatic carbocycles. The molecule has 2 aromatic rings. The van der Waals surface area contributed by atoms with Gasteiger partial charge in [0.05, 0.1) is 11.4 Å². The van der Waals surface area contributed by atoms with E-state index in [-0.39, 0.29) is 0 Å². The van der Waals surface area contributed by atoms with E-state index in [9.17, 15) is 0 Å². The Hall–Kier alpha value is -0.810. The highest BCUT2D eigenvalue weighted by Crippen LogP contribution is 2.31. The van der Waals surface area contributed by atoms with Crippen LogP contribution in [0.1, 0.15) is 17.0 Å². The Morgan fingerprint density at radius 3 is 2.41 bits per heavy atom. The van der Waals surface area contributed by atoms with Crippen LogP contribution in [0.2, 0.25) is 0 Å². The molecule has 90 valence electrons. The van der Waals surface area contributed by atoms with Crippen molar-refractivity contribution in [3.05, 3.63) is 44.2 Å². The maximum absolute atomic E-state index is 5.13. The van der Waals surface area contributed by atoms with Crippen LogP contribution in [0.5, 0.6) is 0 Å². The van der Waals surface area contributed by atoms with Gasteiger partial charge in [-0.2, -0.15) is 0 Å². The number of benzene rings is 1. The third-order valence-corrected chi connectivity index (χ3v) is 3.91. The standard InChI is InChI=1S/C12H12Br2N2O/c1-7-9(8(2)17-16-7)6-15-12-10(13)4-3-5-11(12)14/h3-5,15H,6H2,1-2H3. The van der Waals surface area contributed by atoms with Crippen molar-refractivity contribution in [3.8, 4) is 0 Å². The van der Waals surface area contributed by atoms with E-state index in [0.29, 0.717) is 6.54 Å². The predicted molar refractivity (Wildman–Crippen MR) is 75.1 cm³/mol. The third kappa shape index (κ3) is 2.72. The lowest BCUT2D eigenvalue weighted by molar-refractivity contribution is 0.392. The van der Waals surface area contributed by atoms with Crippen molar-refractivity contribution >= 4 is 37.5 Å². The Morgan fingerprint density at radius 2 is 1.88 bits per heavy atom. The predicted octanol–water partition coefficient (Wildman–Crippen LogP) is 4.43. The first-order valence-corrected chi connectivity index (χ1v) is 6.78. The molecular weight excluding hydrogens is 348 g/mol. The summed E-state index contributed by atoms with van der Waals surface area (Å²) in [5, 5.41) is 7.31. The topological polar surface area (TPSA) is 38.1 Å². The molecule has 3 nitrogen and oxygen atoms in total. The summed E-state index contributed by atoms with van der Waals surface area (Å²) >= 11 is 7.03. The average molecular weight is 360 g/mol. The van der Waals surface area contributed by atoms with Crippen LogP contribution >= 0.6 is 31.9 Å². The van der Waals surface area contributed by atoms with E-state index in [4.69, 9.17) is 4.52 Å². The molecule has 5 heteroatoms. The molecule has 1 N–H and O–H groups in total. The van der Waals surface area contributed by atoms with Gasteiger partial charge in [0.1, 0.15) is 5.76 Å². The maximum atomic E-state index is 5.13. The largest absolute Gasteiger partial charge is 0.379 e. The number of halogens is 2. The summed E-state index contributed by atoms with van der Waals surface area (Å²) in [7, 11) is 0. The summed E-state index contributed by atoms with van der Waals surface area (Å²) in [6.45, 7) is 4.57. The van der Waals surface area contributed by atoms with Gasteiger partial charge in [0, 0.05) is 21.1 Å². The molecule has 0 radical (unpaired) electrons. The Bertz CT molecular complexity index is 498. The van der Waals surface area contributed by atoms with Gasteiger partial charge in [-0.15, -0.1) is 0 Å². The fourth-order valence-electron chi connectivity index (χ4n) is 1.60. The van der Waals surface area contributed by atoms with Gasteiger partial charge in [-0.3, -0.25) is 0 Å². The normalized spacial score (nSPS) is 10.6. The lowest BCUT2D eigenvalue weighted by Crippen LogP contribution is -2.02. The van der Waals surface area contributed by atoms with Crippen molar-refractivity contribution in [3.63, 3.8) is 0 Å². The molecule has 2 rings (SSSR count). The highest BCUT2D eigenvalue weighted by molar-refractivity contribution is 9.11. The summed E-state index contributed by atoms with van der Waals surface area (Å²) in [5.74, 6) is 0.859. The SMILES string of the molecule is Cc1noc(C)c1CNc1c(Br)cccc1Br. The number of hydrogen-bond acceptors (Lipinski definition) is 3. The van der Waals surface area contributed by atoms with Crippen molar-refractivity contribution in [1.29, 1.82) is 0 Å². The van der Waals surface area contributed by atoms with Crippen LogP contribution in [0, 0.1) is 13.8 Å². The summed E-state index contributed by atoms with van der Waals surface area (Å²) in [4.78, 5) is 0. The molecule has 0 atom stereocenters. The van der Waals surface area contributed by atoms with Crippen molar-refractivity contribution in [2.75, 3.05) is 5.32 Å². The number of aryl methyl sites for hydroxylation is 2. The molecule has 0 spiro atoms. The zero-order valence-corrected chi connectivity index (χ0v) is 12.7. The molecule has 0 amide bonds. The molecule has 1 heterocycles. The lowest BCUT2D eigenvalue weighted by atomic mass is 10.2. The Labute approximate surface area is 117 Å². The summed E-state index contributed by atoms with van der Waals surface area (Å²) in [5.41, 5.74) is 3.07. The lowest BCUT2D eigenvalue weighted by Gasteiger charge is -2.10. The van der Waals surface area contributed by atoms with E-state index >= 15 is 0 Å². The fraction of sp³-hybridized carbons (Fsp3) is 0.250. The molecule has 0 aliphatic carbocycles. The molecular formula is C12H12Br2N2O. The number of hydrogen-bond donors (Lipinski definition) is 1. The number of rotatable bonds is 3. The van der Waals surface area contributed by atoms with Crippen molar-refractivity contribution in [2.45, 2.75) is 20.4 Å². The van der Waals surface area contributed by atoms with Gasteiger partial charge in [0.2, 0.25) is 0 Å². The molecule has 0 saturated heterocycles. The first-order chi connectivity index (χ1) is 8.09. The number of para-hydroxylation sites is 1. The third-order valence-electron chi connectivity index (χ3n) is 2.59. The molecule has 0 fully saturated rings. The van der Waals surface area contributed by atoms with Crippen molar-refractivity contribution in [1.82, 2.24) is 5.16 Å². The van der Waals surface area contributed by atoms with Crippen LogP contribution in [-0.2, 0) is 6.54 Å². The number of aromatic nitrogens is 1. The first kappa shape index (κ1) is 12.6. The Morgan fingerprint density at radius 1 is 1.24 bits per heavy atom. The average Bonchev–Trinajstić information content (AvgIpc) is 2.59. The molecule has 17 heavy (non-hydrogen) atoms. The number of anilines is 1. The van der Waals surface area contributed by atoms with Gasteiger partial charge in [0.25, 0.3) is 0 Å². The van der Waals surface area contributed by atoms with E-state index in [1.807, 2.05) is 32.0 Å². The van der Waals surface area contributed by atoms with Gasteiger partial charge in [-0.25, -0.2) is 0 Å². The number of nitrogens with one attached hydrogen (secondary N) is 1. The summed E-state index contributed by atoms with van der Waals surface area (Å²) < 4.78 is 7.18. The van der Waals surface area contributed by atoms with Gasteiger partial charge in [-0.05, 0) is 57.8 Å². The summed E-state index contributed by atoms with van der Waals surface area (Å²) in [6, 6.07) is 5.98. The zero-order chi connectivity index (χ0) is 12.4. The van der Waals surface area contributed by atoms with Crippen LogP contribution in [0.25, 0.3) is 0 Å². The van der Waals surface area contributed by atoms with E-state index < -0.39 is 0 Å². The molecule has 0 aliphatic heterocycles. The van der Waals surface area contributed by atoms with Crippen molar-refractivity contribution < 1.29 is 4.52 Å². The second-order valence-corrected chi connectivity index (χ2v) is 5.46. The van der Waals surface area contributed by atoms with Gasteiger partial charge in [-0.1, -0.05) is 11.2 Å². The van der Waals surface area contributed by atoms with Crippen LogP contribution < -0.4 is 5.32 Å². The van der Waals surface area contributed by atoms with E-state index in [2.05, 4.69) is 42.3 Å². The molecule has 0 aliphatic rings. The van der Waals surface area contributed by atoms with Crippen molar-refractivity contribution in [2.24, 2.45) is 0 Å². The molecule has 0 unspecified atom stereocenters. The molecule has 1 aromatic heterocycles. The quantitative estimate of drug-likeness (QED) is 0.880. The minimum atomic E-state index is 0.697. The fourth-order valence-corrected chi connectivity index (χ4v) is 2.88. The second-order valence-electron chi connectivity index (χ2n) is 3.75. The zero-order valence-electron chi connectivity index (χ0n) is 9.55. The second kappa shape index (κ2) is 5.23. The molecule has 0 bridgehead atoms. The highest BCUT2D eigenvalue weighted by atomic mass is 79.9. The first-order valence-electron chi connectivity index (χ1n) is 5.19. The van der Waals surface area contributed by atoms with Crippen LogP contribution in [-0.4, -0.2) is 5.16 Å². The monoisotopic (exact) mass is 358 g/mol. The van der Waals surface area contributed by atoms with E-state index in [1.54, 1.807) is 0 Å². The highest BCUT2D eigenvalue weighted by Gasteiger charge is 2.10. The minimum Gasteiger partial charge on any atom is -0.379 e. The maximum Gasteiger partial charge on any atom is 0.138 e. The van der Waals surface area contributed by atoms with E-state index in [0.717, 1.165) is 31.7 Å². The minimum absolute atomic E-state index is 0.697.